The number of nitrogens with zero attached hydrogens (tertiary/aromatic N) is 1. The lowest BCUT2D eigenvalue weighted by molar-refractivity contribution is -0.388. The third-order valence-electron chi connectivity index (χ3n) is 4.99. The van der Waals surface area contributed by atoms with Gasteiger partial charge in [0.15, 0.2) is 0 Å². The Hall–Kier alpha value is -2.65. The highest BCUT2D eigenvalue weighted by Crippen LogP contribution is 2.46. The van der Waals surface area contributed by atoms with Gasteiger partial charge in [0.05, 0.1) is 11.0 Å². The molecule has 0 fully saturated rings. The number of hydrogen-bond acceptors (Lipinski definition) is 5. The Kier molecular flexibility index (Phi) is 5.55. The first-order valence-corrected chi connectivity index (χ1v) is 9.04. The number of alkyl halides is 3. The minimum absolute atomic E-state index is 0.129. The van der Waals surface area contributed by atoms with Gasteiger partial charge >= 0.3 is 6.18 Å². The summed E-state index contributed by atoms with van der Waals surface area (Å²) < 4.78 is 45.5. The first-order chi connectivity index (χ1) is 13.5. The molecule has 1 aliphatic heterocycles. The normalized spacial score (nSPS) is 20.6. The van der Waals surface area contributed by atoms with Gasteiger partial charge < -0.3 is 15.2 Å². The minimum atomic E-state index is -4.91. The summed E-state index contributed by atoms with van der Waals surface area (Å²) in [6, 6.07) is 10.2. The molecule has 3 rings (SSSR count). The number of benzene rings is 2. The smallest absolute Gasteiger partial charge is 0.423 e. The van der Waals surface area contributed by atoms with Gasteiger partial charge in [0.2, 0.25) is 0 Å². The van der Waals surface area contributed by atoms with E-state index in [1.54, 1.807) is 13.8 Å². The summed E-state index contributed by atoms with van der Waals surface area (Å²) in [6.45, 7) is 3.53. The summed E-state index contributed by atoms with van der Waals surface area (Å²) in [5.41, 5.74) is -2.46. The van der Waals surface area contributed by atoms with Gasteiger partial charge in [0, 0.05) is 11.6 Å². The van der Waals surface area contributed by atoms with E-state index in [-0.39, 0.29) is 11.3 Å². The van der Waals surface area contributed by atoms with E-state index in [4.69, 9.17) is 4.74 Å². The molecule has 1 aliphatic rings. The van der Waals surface area contributed by atoms with E-state index >= 15 is 0 Å². The molecule has 2 aromatic carbocycles. The lowest BCUT2D eigenvalue weighted by atomic mass is 9.85. The number of rotatable bonds is 5. The predicted molar refractivity (Wildman–Crippen MR) is 99.7 cm³/mol. The molecular formula is C20H21F3N2O4. The SMILES string of the molecule is CC1(C)Oc2cc(C(F)(F)F)c([N+](=O)[O-])cc2C(NCCc2ccccc2)C1O. The number of ether oxygens (including phenoxy) is 1. The quantitative estimate of drug-likeness (QED) is 0.575. The minimum Gasteiger partial charge on any atom is -0.485 e. The van der Waals surface area contributed by atoms with Crippen LogP contribution in [0.5, 0.6) is 5.75 Å². The molecule has 2 atom stereocenters. The van der Waals surface area contributed by atoms with Crippen molar-refractivity contribution in [2.45, 2.75) is 44.2 Å². The van der Waals surface area contributed by atoms with Crippen LogP contribution in [0.3, 0.4) is 0 Å². The number of nitrogens with one attached hydrogen (secondary N) is 1. The van der Waals surface area contributed by atoms with Crippen molar-refractivity contribution < 1.29 is 27.9 Å². The third-order valence-corrected chi connectivity index (χ3v) is 4.99. The van der Waals surface area contributed by atoms with Crippen LogP contribution >= 0.6 is 0 Å². The van der Waals surface area contributed by atoms with Crippen LogP contribution in [0.4, 0.5) is 18.9 Å². The van der Waals surface area contributed by atoms with E-state index in [0.717, 1.165) is 11.6 Å². The maximum Gasteiger partial charge on any atom is 0.423 e. The van der Waals surface area contributed by atoms with Crippen LogP contribution in [-0.4, -0.2) is 28.3 Å². The van der Waals surface area contributed by atoms with Gasteiger partial charge in [-0.15, -0.1) is 0 Å². The van der Waals surface area contributed by atoms with Crippen LogP contribution in [0.2, 0.25) is 0 Å². The van der Waals surface area contributed by atoms with Crippen molar-refractivity contribution >= 4 is 5.69 Å². The Balaban J connectivity index is 1.97. The van der Waals surface area contributed by atoms with Crippen molar-refractivity contribution in [3.05, 3.63) is 69.3 Å². The van der Waals surface area contributed by atoms with Gasteiger partial charge in [-0.3, -0.25) is 10.1 Å². The van der Waals surface area contributed by atoms with E-state index in [0.29, 0.717) is 19.0 Å². The Labute approximate surface area is 165 Å². The van der Waals surface area contributed by atoms with Crippen molar-refractivity contribution in [2.75, 3.05) is 6.54 Å². The van der Waals surface area contributed by atoms with E-state index in [9.17, 15) is 28.4 Å². The fraction of sp³-hybridized carbons (Fsp3) is 0.400. The summed E-state index contributed by atoms with van der Waals surface area (Å²) >= 11 is 0. The molecule has 0 radical (unpaired) electrons. The van der Waals surface area contributed by atoms with Crippen LogP contribution in [0.1, 0.15) is 36.6 Å². The van der Waals surface area contributed by atoms with Crippen molar-refractivity contribution in [3.63, 3.8) is 0 Å². The summed E-state index contributed by atoms with van der Waals surface area (Å²) in [4.78, 5) is 10.2. The molecule has 0 bridgehead atoms. The van der Waals surface area contributed by atoms with Gasteiger partial charge in [-0.1, -0.05) is 30.3 Å². The molecule has 0 aliphatic carbocycles. The molecule has 2 aromatic rings. The van der Waals surface area contributed by atoms with E-state index < -0.39 is 40.1 Å². The Bertz CT molecular complexity index is 901. The molecule has 9 heteroatoms. The molecule has 2 N–H and O–H groups in total. The van der Waals surface area contributed by atoms with Crippen LogP contribution in [0, 0.1) is 10.1 Å². The van der Waals surface area contributed by atoms with Crippen LogP contribution in [0.15, 0.2) is 42.5 Å². The van der Waals surface area contributed by atoms with Crippen molar-refractivity contribution in [2.24, 2.45) is 0 Å². The second-order valence-electron chi connectivity index (χ2n) is 7.48. The third kappa shape index (κ3) is 4.35. The van der Waals surface area contributed by atoms with Gasteiger partial charge in [0.1, 0.15) is 23.0 Å². The number of nitro groups is 1. The van der Waals surface area contributed by atoms with Crippen LogP contribution in [0.25, 0.3) is 0 Å². The second-order valence-corrected chi connectivity index (χ2v) is 7.48. The topological polar surface area (TPSA) is 84.6 Å². The molecule has 0 saturated carbocycles. The van der Waals surface area contributed by atoms with Crippen LogP contribution < -0.4 is 10.1 Å². The highest BCUT2D eigenvalue weighted by Gasteiger charge is 2.46. The molecule has 6 nitrogen and oxygen atoms in total. The summed E-state index contributed by atoms with van der Waals surface area (Å²) in [5, 5.41) is 25.1. The van der Waals surface area contributed by atoms with Crippen molar-refractivity contribution in [1.29, 1.82) is 0 Å². The molecule has 0 amide bonds. The average Bonchev–Trinajstić information content (AvgIpc) is 2.63. The molecule has 0 aromatic heterocycles. The first kappa shape index (κ1) is 21.1. The Morgan fingerprint density at radius 1 is 1.24 bits per heavy atom. The number of aliphatic hydroxyl groups is 1. The fourth-order valence-electron chi connectivity index (χ4n) is 3.45. The number of nitro benzene ring substituents is 1. The highest BCUT2D eigenvalue weighted by atomic mass is 19.4. The Morgan fingerprint density at radius 3 is 2.48 bits per heavy atom. The standard InChI is InChI=1S/C20H21F3N2O4/c1-19(2)18(26)17(24-9-8-12-6-4-3-5-7-12)13-10-15(25(27)28)14(20(21,22)23)11-16(13)29-19/h3-7,10-11,17-18,24,26H,8-9H2,1-2H3. The van der Waals surface area contributed by atoms with E-state index in [1.165, 1.54) is 0 Å². The molecule has 0 saturated heterocycles. The first-order valence-electron chi connectivity index (χ1n) is 9.04. The second kappa shape index (κ2) is 7.64. The monoisotopic (exact) mass is 410 g/mol. The predicted octanol–water partition coefficient (Wildman–Crippen LogP) is 4.02. The van der Waals surface area contributed by atoms with Gasteiger partial charge in [0.25, 0.3) is 5.69 Å². The lowest BCUT2D eigenvalue weighted by Crippen LogP contribution is -2.52. The van der Waals surface area contributed by atoms with Gasteiger partial charge in [-0.2, -0.15) is 13.2 Å². The largest absolute Gasteiger partial charge is 0.485 e. The zero-order chi connectivity index (χ0) is 21.4. The molecule has 2 unspecified atom stereocenters. The van der Waals surface area contributed by atoms with Gasteiger partial charge in [-0.25, -0.2) is 0 Å². The average molecular weight is 410 g/mol. The summed E-state index contributed by atoms with van der Waals surface area (Å²) in [5.74, 6) is -0.129. The zero-order valence-corrected chi connectivity index (χ0v) is 15.9. The number of aliphatic hydroxyl groups excluding tert-OH is 1. The molecular weight excluding hydrogens is 389 g/mol. The van der Waals surface area contributed by atoms with Crippen molar-refractivity contribution in [3.8, 4) is 5.75 Å². The summed E-state index contributed by atoms with van der Waals surface area (Å²) in [7, 11) is 0. The van der Waals surface area contributed by atoms with E-state index in [1.807, 2.05) is 30.3 Å². The molecule has 1 heterocycles. The Morgan fingerprint density at radius 2 is 1.90 bits per heavy atom. The maximum atomic E-state index is 13.3. The van der Waals surface area contributed by atoms with Crippen LogP contribution in [-0.2, 0) is 12.6 Å². The number of fused-ring (bicyclic) bond motifs is 1. The fourth-order valence-corrected chi connectivity index (χ4v) is 3.45. The molecule has 29 heavy (non-hydrogen) atoms. The number of halogens is 3. The number of hydrogen-bond donors (Lipinski definition) is 2. The maximum absolute atomic E-state index is 13.3. The van der Waals surface area contributed by atoms with E-state index in [2.05, 4.69) is 5.32 Å². The molecule has 156 valence electrons. The van der Waals surface area contributed by atoms with Gasteiger partial charge in [-0.05, 0) is 38.4 Å². The summed E-state index contributed by atoms with van der Waals surface area (Å²) in [6.07, 6.45) is -5.41. The van der Waals surface area contributed by atoms with Crippen molar-refractivity contribution in [1.82, 2.24) is 5.32 Å². The molecule has 0 spiro atoms. The lowest BCUT2D eigenvalue weighted by Gasteiger charge is -2.42. The zero-order valence-electron chi connectivity index (χ0n) is 15.9. The highest BCUT2D eigenvalue weighted by molar-refractivity contribution is 5.54.